The number of carbonyl (C=O) groups is 3. The van der Waals surface area contributed by atoms with Crippen LogP contribution >= 0.6 is 0 Å². The fourth-order valence-electron chi connectivity index (χ4n) is 10.2. The average molecular weight is 1160 g/mol. The molecule has 0 aromatic heterocycles. The largest absolute Gasteiger partial charge is 0.462 e. The molecule has 0 aliphatic carbocycles. The molecule has 0 rings (SSSR count). The van der Waals surface area contributed by atoms with Crippen LogP contribution in [-0.2, 0) is 28.6 Å². The van der Waals surface area contributed by atoms with Crippen LogP contribution in [0.5, 0.6) is 0 Å². The van der Waals surface area contributed by atoms with E-state index in [1.54, 1.807) is 0 Å². The van der Waals surface area contributed by atoms with Crippen molar-refractivity contribution < 1.29 is 28.6 Å². The lowest BCUT2D eigenvalue weighted by molar-refractivity contribution is -0.167. The molecule has 0 aliphatic rings. The third-order valence-electron chi connectivity index (χ3n) is 15.6. The van der Waals surface area contributed by atoms with Crippen LogP contribution < -0.4 is 0 Å². The molecule has 0 bridgehead atoms. The van der Waals surface area contributed by atoms with Crippen LogP contribution in [0.4, 0.5) is 0 Å². The molecule has 6 heteroatoms. The first kappa shape index (κ1) is 79.3. The lowest BCUT2D eigenvalue weighted by Crippen LogP contribution is -2.30. The smallest absolute Gasteiger partial charge is 0.306 e. The number of hydrogen-bond acceptors (Lipinski definition) is 6. The van der Waals surface area contributed by atoms with Gasteiger partial charge >= 0.3 is 17.9 Å². The molecule has 478 valence electrons. The second-order valence-corrected chi connectivity index (χ2v) is 23.8. The molecule has 0 saturated heterocycles. The number of ether oxygens (including phenoxy) is 3. The second-order valence-electron chi connectivity index (χ2n) is 23.8. The van der Waals surface area contributed by atoms with E-state index in [-0.39, 0.29) is 31.1 Å². The van der Waals surface area contributed by atoms with Gasteiger partial charge < -0.3 is 14.2 Å². The summed E-state index contributed by atoms with van der Waals surface area (Å²) in [5.74, 6) is -0.884. The molecule has 0 saturated carbocycles. The van der Waals surface area contributed by atoms with Gasteiger partial charge in [-0.05, 0) is 103 Å². The molecule has 0 spiro atoms. The molecule has 0 radical (unpaired) electrons. The van der Waals surface area contributed by atoms with Crippen molar-refractivity contribution in [1.29, 1.82) is 0 Å². The highest BCUT2D eigenvalue weighted by Crippen LogP contribution is 2.17. The SMILES string of the molecule is CC/C=C\C/C=C\C/C=C\C/C=C\C/C=C\CCCCCCCC(=O)OC(COC(=O)CCCCCCCCCCCCCCCCC)COC(=O)CCCCCCCCCCCCCCCC/C=C\C/C=C\C/C=C\CCCCCCC. The van der Waals surface area contributed by atoms with Crippen LogP contribution in [0.15, 0.2) is 97.2 Å². The summed E-state index contributed by atoms with van der Waals surface area (Å²) in [6.45, 7) is 6.55. The van der Waals surface area contributed by atoms with Crippen molar-refractivity contribution in [3.05, 3.63) is 97.2 Å². The van der Waals surface area contributed by atoms with Crippen molar-refractivity contribution in [3.8, 4) is 0 Å². The molecular weight excluding hydrogens is 1020 g/mol. The van der Waals surface area contributed by atoms with Gasteiger partial charge in [0.05, 0.1) is 0 Å². The Bertz CT molecular complexity index is 1610. The Kier molecular flexibility index (Phi) is 67.7. The number of allylic oxidation sites excluding steroid dienone is 16. The Hall–Kier alpha value is -3.67. The van der Waals surface area contributed by atoms with Gasteiger partial charge in [0.25, 0.3) is 0 Å². The van der Waals surface area contributed by atoms with Gasteiger partial charge in [-0.3, -0.25) is 14.4 Å². The van der Waals surface area contributed by atoms with Crippen molar-refractivity contribution in [2.45, 2.75) is 361 Å². The fraction of sp³-hybridized carbons (Fsp3) is 0.753. The first-order valence-corrected chi connectivity index (χ1v) is 35.7. The minimum Gasteiger partial charge on any atom is -0.462 e. The molecule has 1 unspecified atom stereocenters. The van der Waals surface area contributed by atoms with Crippen LogP contribution in [-0.4, -0.2) is 37.2 Å². The zero-order chi connectivity index (χ0) is 59.9. The van der Waals surface area contributed by atoms with E-state index in [4.69, 9.17) is 14.2 Å². The molecule has 0 aromatic carbocycles. The third kappa shape index (κ3) is 69.0. The summed E-state index contributed by atoms with van der Waals surface area (Å²) in [7, 11) is 0. The topological polar surface area (TPSA) is 78.9 Å². The van der Waals surface area contributed by atoms with Crippen LogP contribution in [0.2, 0.25) is 0 Å². The molecule has 0 aromatic rings. The predicted molar refractivity (Wildman–Crippen MR) is 362 cm³/mol. The number of esters is 3. The average Bonchev–Trinajstić information content (AvgIpc) is 3.49. The number of unbranched alkanes of at least 4 members (excludes halogenated alkanes) is 38. The maximum Gasteiger partial charge on any atom is 0.306 e. The first-order valence-electron chi connectivity index (χ1n) is 35.7. The van der Waals surface area contributed by atoms with Gasteiger partial charge in [-0.25, -0.2) is 0 Å². The number of carbonyl (C=O) groups excluding carboxylic acids is 3. The first-order chi connectivity index (χ1) is 41.0. The second kappa shape index (κ2) is 70.8. The van der Waals surface area contributed by atoms with E-state index in [1.807, 2.05) is 0 Å². The summed E-state index contributed by atoms with van der Waals surface area (Å²) < 4.78 is 17.0. The summed E-state index contributed by atoms with van der Waals surface area (Å²) in [6.07, 6.45) is 95.7. The van der Waals surface area contributed by atoms with Crippen LogP contribution in [0.1, 0.15) is 355 Å². The van der Waals surface area contributed by atoms with Crippen molar-refractivity contribution in [3.63, 3.8) is 0 Å². The molecule has 0 amide bonds. The Morgan fingerprint density at radius 2 is 0.470 bits per heavy atom. The van der Waals surface area contributed by atoms with E-state index in [1.165, 1.54) is 193 Å². The molecule has 0 N–H and O–H groups in total. The minimum atomic E-state index is -0.789. The van der Waals surface area contributed by atoms with Gasteiger partial charge in [-0.1, -0.05) is 330 Å². The molecule has 6 nitrogen and oxygen atoms in total. The highest BCUT2D eigenvalue weighted by molar-refractivity contribution is 5.71. The molecule has 83 heavy (non-hydrogen) atoms. The van der Waals surface area contributed by atoms with Gasteiger partial charge in [0, 0.05) is 19.3 Å². The number of hydrogen-bond donors (Lipinski definition) is 0. The van der Waals surface area contributed by atoms with E-state index in [0.717, 1.165) is 122 Å². The van der Waals surface area contributed by atoms with Gasteiger partial charge in [-0.2, -0.15) is 0 Å². The Morgan fingerprint density at radius 1 is 0.253 bits per heavy atom. The van der Waals surface area contributed by atoms with Gasteiger partial charge in [0.2, 0.25) is 0 Å². The zero-order valence-corrected chi connectivity index (χ0v) is 54.9. The van der Waals surface area contributed by atoms with E-state index >= 15 is 0 Å². The Morgan fingerprint density at radius 3 is 0.735 bits per heavy atom. The van der Waals surface area contributed by atoms with Gasteiger partial charge in [-0.15, -0.1) is 0 Å². The normalized spacial score (nSPS) is 12.7. The summed E-state index contributed by atoms with van der Waals surface area (Å²) >= 11 is 0. The lowest BCUT2D eigenvalue weighted by atomic mass is 10.0. The summed E-state index contributed by atoms with van der Waals surface area (Å²) in [5.41, 5.74) is 0. The minimum absolute atomic E-state index is 0.0821. The maximum absolute atomic E-state index is 13.0. The summed E-state index contributed by atoms with van der Waals surface area (Å²) in [5, 5.41) is 0. The molecule has 1 atom stereocenters. The van der Waals surface area contributed by atoms with Crippen LogP contribution in [0.3, 0.4) is 0 Å². The van der Waals surface area contributed by atoms with E-state index in [0.29, 0.717) is 19.3 Å². The van der Waals surface area contributed by atoms with E-state index in [2.05, 4.69) is 118 Å². The molecule has 0 heterocycles. The van der Waals surface area contributed by atoms with E-state index < -0.39 is 6.10 Å². The van der Waals surface area contributed by atoms with Crippen molar-refractivity contribution in [2.75, 3.05) is 13.2 Å². The lowest BCUT2D eigenvalue weighted by Gasteiger charge is -2.18. The molecule has 0 fully saturated rings. The van der Waals surface area contributed by atoms with Crippen molar-refractivity contribution in [1.82, 2.24) is 0 Å². The van der Waals surface area contributed by atoms with Crippen molar-refractivity contribution >= 4 is 17.9 Å². The van der Waals surface area contributed by atoms with Crippen molar-refractivity contribution in [2.24, 2.45) is 0 Å². The standard InChI is InChI=1S/C77H134O6/c1-4-7-10-13-16-19-22-25-28-30-32-34-35-36-37-38-39-40-41-43-44-46-49-52-55-58-61-64-67-70-76(79)82-73-74(72-81-75(78)69-66-63-60-57-54-51-48-27-24-21-18-15-12-9-6-3)83-77(80)71-68-65-62-59-56-53-50-47-45-42-33-31-29-26-23-20-17-14-11-8-5-2/h8,11,17,20,22,25-26,29-30,32-33,35-36,42,47,50,74H,4-7,9-10,12-16,18-19,21,23-24,27-28,31,34,37-41,43-46,48-49,51-73H2,1-3H3/b11-8-,20-17-,25-22-,29-26-,32-30-,36-35-,42-33-,50-47-. The number of rotatable bonds is 65. The molecular formula is C77H134O6. The quantitative estimate of drug-likeness (QED) is 0.0261. The zero-order valence-electron chi connectivity index (χ0n) is 54.9. The van der Waals surface area contributed by atoms with Gasteiger partial charge in [0.1, 0.15) is 13.2 Å². The Balaban J connectivity index is 4.31. The Labute approximate surface area is 515 Å². The molecule has 0 aliphatic heterocycles. The van der Waals surface area contributed by atoms with Gasteiger partial charge in [0.15, 0.2) is 6.10 Å². The van der Waals surface area contributed by atoms with E-state index in [9.17, 15) is 14.4 Å². The monoisotopic (exact) mass is 1160 g/mol. The van der Waals surface area contributed by atoms with Crippen LogP contribution in [0.25, 0.3) is 0 Å². The third-order valence-corrected chi connectivity index (χ3v) is 15.6. The maximum atomic E-state index is 13.0. The predicted octanol–water partition coefficient (Wildman–Crippen LogP) is 24.8. The highest BCUT2D eigenvalue weighted by Gasteiger charge is 2.19. The fourth-order valence-corrected chi connectivity index (χ4v) is 10.2. The summed E-state index contributed by atoms with van der Waals surface area (Å²) in [4.78, 5) is 38.5. The van der Waals surface area contributed by atoms with Crippen LogP contribution in [0, 0.1) is 0 Å². The highest BCUT2D eigenvalue weighted by atomic mass is 16.6. The summed E-state index contributed by atoms with van der Waals surface area (Å²) in [6, 6.07) is 0.